The number of fused-ring (bicyclic) bond motifs is 10. The van der Waals surface area contributed by atoms with Gasteiger partial charge in [0.15, 0.2) is 0 Å². The number of anilines is 6. The molecule has 1 aromatic heterocycles. The van der Waals surface area contributed by atoms with E-state index in [1.54, 1.807) is 0 Å². The molecule has 0 saturated heterocycles. The number of nitrogens with zero attached hydrogens (tertiary/aromatic N) is 2. The minimum Gasteiger partial charge on any atom is -0.456 e. The quantitative estimate of drug-likeness (QED) is 0.162. The molecule has 0 N–H and O–H groups in total. The highest BCUT2D eigenvalue weighted by molar-refractivity contribution is 7.00. The number of rotatable bonds is 2. The zero-order valence-corrected chi connectivity index (χ0v) is 40.4. The summed E-state index contributed by atoms with van der Waals surface area (Å²) in [7, 11) is 0. The van der Waals surface area contributed by atoms with Crippen molar-refractivity contribution in [3.63, 3.8) is 0 Å². The minimum absolute atomic E-state index is 0.0137. The Balaban J connectivity index is 1.29. The summed E-state index contributed by atoms with van der Waals surface area (Å²) in [5.41, 5.74) is 25.0. The van der Waals surface area contributed by atoms with Gasteiger partial charge in [0.05, 0.1) is 11.1 Å². The number of aryl methyl sites for hydroxylation is 3. The lowest BCUT2D eigenvalue weighted by Gasteiger charge is -2.48. The molecular weight excluding hydrogens is 763 g/mol. The first-order valence-electron chi connectivity index (χ1n) is 23.7. The van der Waals surface area contributed by atoms with E-state index in [-0.39, 0.29) is 33.8 Å². The second-order valence-corrected chi connectivity index (χ2v) is 23.7. The average molecular weight is 829 g/mol. The third kappa shape index (κ3) is 5.78. The molecule has 2 aliphatic carbocycles. The van der Waals surface area contributed by atoms with Crippen LogP contribution in [0.3, 0.4) is 0 Å². The zero-order valence-electron chi connectivity index (χ0n) is 40.4. The van der Waals surface area contributed by atoms with E-state index in [1.165, 1.54) is 131 Å². The normalized spacial score (nSPS) is 18.8. The van der Waals surface area contributed by atoms with Gasteiger partial charge in [0.2, 0.25) is 0 Å². The van der Waals surface area contributed by atoms with Gasteiger partial charge < -0.3 is 14.2 Å². The molecule has 7 aromatic rings. The first-order valence-corrected chi connectivity index (χ1v) is 23.7. The number of para-hydroxylation sites is 1. The van der Waals surface area contributed by atoms with E-state index in [1.807, 2.05) is 0 Å². The molecule has 320 valence electrons. The van der Waals surface area contributed by atoms with Crippen LogP contribution in [0.25, 0.3) is 21.9 Å². The maximum Gasteiger partial charge on any atom is 0.252 e. The van der Waals surface area contributed by atoms with Gasteiger partial charge in [0.1, 0.15) is 11.2 Å². The van der Waals surface area contributed by atoms with E-state index in [0.717, 1.165) is 11.2 Å². The van der Waals surface area contributed by atoms with E-state index in [0.29, 0.717) is 0 Å². The Kier molecular flexibility index (Phi) is 8.34. The fourth-order valence-corrected chi connectivity index (χ4v) is 12.3. The molecule has 6 aromatic carbocycles. The third-order valence-corrected chi connectivity index (χ3v) is 16.4. The highest BCUT2D eigenvalue weighted by Gasteiger charge is 2.48. The van der Waals surface area contributed by atoms with Crippen LogP contribution in [0.15, 0.2) is 95.4 Å². The second kappa shape index (κ2) is 13.0. The van der Waals surface area contributed by atoms with Crippen molar-refractivity contribution in [3.8, 4) is 0 Å². The van der Waals surface area contributed by atoms with Crippen molar-refractivity contribution >= 4 is 79.2 Å². The fraction of sp³-hybridized carbons (Fsp3) is 0.390. The Hall–Kier alpha value is -5.22. The van der Waals surface area contributed by atoms with Crippen molar-refractivity contribution in [2.45, 2.75) is 150 Å². The molecule has 3 heterocycles. The van der Waals surface area contributed by atoms with Gasteiger partial charge in [-0.3, -0.25) is 0 Å². The molecule has 63 heavy (non-hydrogen) atoms. The van der Waals surface area contributed by atoms with Gasteiger partial charge in [0, 0.05) is 33.8 Å². The second-order valence-electron chi connectivity index (χ2n) is 23.7. The van der Waals surface area contributed by atoms with Crippen LogP contribution in [-0.2, 0) is 27.1 Å². The molecule has 0 atom stereocenters. The van der Waals surface area contributed by atoms with Crippen molar-refractivity contribution < 1.29 is 4.42 Å². The molecule has 0 spiro atoms. The molecule has 3 nitrogen and oxygen atoms in total. The number of benzene rings is 6. The Morgan fingerprint density at radius 2 is 1.08 bits per heavy atom. The van der Waals surface area contributed by atoms with E-state index in [4.69, 9.17) is 4.42 Å². The Bertz CT molecular complexity index is 3110. The monoisotopic (exact) mass is 829 g/mol. The van der Waals surface area contributed by atoms with Crippen LogP contribution >= 0.6 is 0 Å². The van der Waals surface area contributed by atoms with Crippen molar-refractivity contribution in [2.24, 2.45) is 0 Å². The van der Waals surface area contributed by atoms with E-state index >= 15 is 0 Å². The lowest BCUT2D eigenvalue weighted by molar-refractivity contribution is 0.332. The predicted molar refractivity (Wildman–Crippen MR) is 271 cm³/mol. The van der Waals surface area contributed by atoms with Gasteiger partial charge in [-0.2, -0.15) is 0 Å². The van der Waals surface area contributed by atoms with Crippen LogP contribution in [0.2, 0.25) is 0 Å². The number of furan rings is 1. The van der Waals surface area contributed by atoms with Gasteiger partial charge >= 0.3 is 0 Å². The SMILES string of the molecule is Cc1cc2c3c(c1)N(c1ccccc1C)c1c(ccc4oc5cc6c(cc5c14)C(C)(C)CCC6(C)C)B3c1cc3c(cc1N2c1ccc(C(C)(C)C)cc1C)C(C)(C)CCC3(C)C. The first-order chi connectivity index (χ1) is 29.6. The highest BCUT2D eigenvalue weighted by Crippen LogP contribution is 2.54. The van der Waals surface area contributed by atoms with Crippen LogP contribution in [0, 0.1) is 20.8 Å². The highest BCUT2D eigenvalue weighted by atomic mass is 16.3. The Labute approximate surface area is 377 Å². The van der Waals surface area contributed by atoms with Gasteiger partial charge in [-0.15, -0.1) is 0 Å². The van der Waals surface area contributed by atoms with Crippen molar-refractivity contribution in [1.29, 1.82) is 0 Å². The van der Waals surface area contributed by atoms with Crippen LogP contribution in [0.5, 0.6) is 0 Å². The largest absolute Gasteiger partial charge is 0.456 e. The molecule has 0 saturated carbocycles. The Morgan fingerprint density at radius 3 is 1.70 bits per heavy atom. The first kappa shape index (κ1) is 40.6. The molecule has 0 fully saturated rings. The summed E-state index contributed by atoms with van der Waals surface area (Å²) in [5, 5.41) is 2.44. The maximum absolute atomic E-state index is 7.06. The molecule has 0 radical (unpaired) electrons. The van der Waals surface area contributed by atoms with Crippen LogP contribution in [0.1, 0.15) is 146 Å². The topological polar surface area (TPSA) is 19.6 Å². The lowest BCUT2D eigenvalue weighted by atomic mass is 9.33. The van der Waals surface area contributed by atoms with Crippen molar-refractivity contribution in [2.75, 3.05) is 9.80 Å². The third-order valence-electron chi connectivity index (χ3n) is 16.4. The van der Waals surface area contributed by atoms with Crippen molar-refractivity contribution in [1.82, 2.24) is 0 Å². The molecule has 0 unspecified atom stereocenters. The van der Waals surface area contributed by atoms with Gasteiger partial charge in [0.25, 0.3) is 6.71 Å². The smallest absolute Gasteiger partial charge is 0.252 e. The summed E-state index contributed by atoms with van der Waals surface area (Å²) in [6, 6.07) is 36.1. The van der Waals surface area contributed by atoms with Crippen LogP contribution in [-0.4, -0.2) is 6.71 Å². The summed E-state index contributed by atoms with van der Waals surface area (Å²) in [6.45, 7) is 33.5. The Morgan fingerprint density at radius 1 is 0.508 bits per heavy atom. The van der Waals surface area contributed by atoms with Crippen LogP contribution < -0.4 is 26.2 Å². The van der Waals surface area contributed by atoms with E-state index in [2.05, 4.69) is 198 Å². The zero-order chi connectivity index (χ0) is 44.5. The lowest BCUT2D eigenvalue weighted by Crippen LogP contribution is -2.62. The summed E-state index contributed by atoms with van der Waals surface area (Å²) >= 11 is 0. The van der Waals surface area contributed by atoms with Gasteiger partial charge in [-0.1, -0.05) is 119 Å². The summed E-state index contributed by atoms with van der Waals surface area (Å²) in [6.07, 6.45) is 4.68. The van der Waals surface area contributed by atoms with E-state index in [9.17, 15) is 0 Å². The van der Waals surface area contributed by atoms with Crippen molar-refractivity contribution in [3.05, 3.63) is 136 Å². The maximum atomic E-state index is 7.06. The fourth-order valence-electron chi connectivity index (χ4n) is 12.3. The molecule has 4 aliphatic rings. The average Bonchev–Trinajstić information content (AvgIpc) is 3.59. The van der Waals surface area contributed by atoms with Crippen LogP contribution in [0.4, 0.5) is 34.1 Å². The molecule has 0 amide bonds. The predicted octanol–water partition coefficient (Wildman–Crippen LogP) is 14.6. The van der Waals surface area contributed by atoms with Gasteiger partial charge in [-0.05, 0) is 183 Å². The van der Waals surface area contributed by atoms with E-state index < -0.39 is 0 Å². The standard InChI is InChI=1S/C59H65BN2O/c1-34-27-48-53-49(28-34)62(45-18-16-15-17-35(45)2)54-43(20-22-50-52(54)38-30-39-42(33-51(38)63-50)59(13,14)26-23-56(39,7)8)60(53)44-31-40-41(58(11,12)25-24-57(40,9)10)32-47(44)61(48)46-21-19-37(29-36(46)3)55(4,5)6/h15-22,27-33H,23-26H2,1-14H3. The molecule has 4 heteroatoms. The number of hydrogen-bond acceptors (Lipinski definition) is 3. The molecule has 0 bridgehead atoms. The van der Waals surface area contributed by atoms with Gasteiger partial charge in [-0.25, -0.2) is 0 Å². The summed E-state index contributed by atoms with van der Waals surface area (Å²) < 4.78 is 7.06. The molecular formula is C59H65BN2O. The number of hydrogen-bond donors (Lipinski definition) is 0. The summed E-state index contributed by atoms with van der Waals surface area (Å²) in [4.78, 5) is 5.28. The summed E-state index contributed by atoms with van der Waals surface area (Å²) in [5.74, 6) is 0. The molecule has 2 aliphatic heterocycles. The minimum atomic E-state index is 0.0137. The molecule has 11 rings (SSSR count).